The predicted octanol–water partition coefficient (Wildman–Crippen LogP) is 4.57. The van der Waals surface area contributed by atoms with Crippen molar-refractivity contribution in [2.24, 2.45) is 0 Å². The van der Waals surface area contributed by atoms with Crippen molar-refractivity contribution >= 4 is 5.97 Å². The highest BCUT2D eigenvalue weighted by Crippen LogP contribution is 2.24. The minimum absolute atomic E-state index is 0.198. The Morgan fingerprint density at radius 3 is 2.34 bits per heavy atom. The first kappa shape index (κ1) is 21.1. The van der Waals surface area contributed by atoms with E-state index < -0.39 is 5.97 Å². The average Bonchev–Trinajstić information content (AvgIpc) is 3.14. The molecule has 4 aromatic rings. The average molecular weight is 425 g/mol. The van der Waals surface area contributed by atoms with E-state index in [1.807, 2.05) is 79.7 Å². The van der Waals surface area contributed by atoms with Gasteiger partial charge in [0.15, 0.2) is 0 Å². The lowest BCUT2D eigenvalue weighted by molar-refractivity contribution is 0.0697. The van der Waals surface area contributed by atoms with Gasteiger partial charge in [0.1, 0.15) is 5.82 Å². The third-order valence-electron chi connectivity index (χ3n) is 5.24. The van der Waals surface area contributed by atoms with E-state index in [9.17, 15) is 14.7 Å². The van der Waals surface area contributed by atoms with Crippen LogP contribution in [0.1, 0.15) is 28.7 Å². The first-order valence-corrected chi connectivity index (χ1v) is 10.4. The lowest BCUT2D eigenvalue weighted by Gasteiger charge is -2.08. The van der Waals surface area contributed by atoms with Crippen LogP contribution in [-0.4, -0.2) is 25.4 Å². The maximum atomic E-state index is 13.1. The third-order valence-corrected chi connectivity index (χ3v) is 5.24. The number of carbonyl (C=O) groups is 1. The summed E-state index contributed by atoms with van der Waals surface area (Å²) in [6.07, 6.45) is 4.46. The minimum Gasteiger partial charge on any atom is -0.478 e. The molecule has 32 heavy (non-hydrogen) atoms. The van der Waals surface area contributed by atoms with E-state index in [1.165, 1.54) is 4.68 Å². The Hall–Kier alpha value is -4.19. The predicted molar refractivity (Wildman–Crippen MR) is 124 cm³/mol. The molecule has 1 heterocycles. The van der Waals surface area contributed by atoms with Crippen molar-refractivity contribution in [2.45, 2.75) is 19.9 Å². The summed E-state index contributed by atoms with van der Waals surface area (Å²) in [4.78, 5) is 24.7. The van der Waals surface area contributed by atoms with Crippen LogP contribution in [0, 0.1) is 0 Å². The van der Waals surface area contributed by atoms with Gasteiger partial charge in [-0.05, 0) is 41.8 Å². The molecule has 0 saturated heterocycles. The molecule has 160 valence electrons. The van der Waals surface area contributed by atoms with Crippen LogP contribution in [0.2, 0.25) is 0 Å². The molecule has 4 rings (SSSR count). The van der Waals surface area contributed by atoms with Crippen molar-refractivity contribution in [1.29, 1.82) is 0 Å². The monoisotopic (exact) mass is 425 g/mol. The molecule has 0 amide bonds. The van der Waals surface area contributed by atoms with E-state index in [2.05, 4.69) is 5.10 Å². The number of para-hydroxylation sites is 1. The number of nitrogens with zero attached hydrogens (tertiary/aromatic N) is 3. The summed E-state index contributed by atoms with van der Waals surface area (Å²) in [6.45, 7) is 2.31. The summed E-state index contributed by atoms with van der Waals surface area (Å²) in [7, 11) is 0. The number of aromatic nitrogens is 3. The topological polar surface area (TPSA) is 77.1 Å². The van der Waals surface area contributed by atoms with Crippen molar-refractivity contribution in [3.8, 4) is 16.8 Å². The van der Waals surface area contributed by atoms with Crippen molar-refractivity contribution in [3.05, 3.63) is 118 Å². The fraction of sp³-hybridized carbons (Fsp3) is 0.115. The lowest BCUT2D eigenvalue weighted by Crippen LogP contribution is -2.25. The molecule has 1 aromatic heterocycles. The maximum Gasteiger partial charge on any atom is 0.351 e. The summed E-state index contributed by atoms with van der Waals surface area (Å²) >= 11 is 0. The number of hydrogen-bond acceptors (Lipinski definition) is 3. The van der Waals surface area contributed by atoms with Crippen LogP contribution in [0.5, 0.6) is 0 Å². The molecule has 0 atom stereocenters. The van der Waals surface area contributed by atoms with Crippen molar-refractivity contribution in [3.63, 3.8) is 0 Å². The molecule has 3 aromatic carbocycles. The van der Waals surface area contributed by atoms with Crippen molar-refractivity contribution in [2.75, 3.05) is 0 Å². The van der Waals surface area contributed by atoms with E-state index in [0.29, 0.717) is 24.4 Å². The van der Waals surface area contributed by atoms with Crippen LogP contribution in [0.15, 0.2) is 95.8 Å². The molecule has 0 aliphatic heterocycles. The molecule has 0 aliphatic rings. The van der Waals surface area contributed by atoms with E-state index >= 15 is 0 Å². The second-order valence-corrected chi connectivity index (χ2v) is 7.35. The van der Waals surface area contributed by atoms with E-state index in [1.54, 1.807) is 22.8 Å². The van der Waals surface area contributed by atoms with Gasteiger partial charge < -0.3 is 5.11 Å². The molecule has 6 heteroatoms. The molecule has 0 bridgehead atoms. The van der Waals surface area contributed by atoms with Crippen LogP contribution < -0.4 is 5.69 Å². The number of benzene rings is 3. The molecule has 1 N–H and O–H groups in total. The highest BCUT2D eigenvalue weighted by Gasteiger charge is 2.15. The molecule has 0 radical (unpaired) electrons. The van der Waals surface area contributed by atoms with E-state index in [0.717, 1.165) is 16.8 Å². The van der Waals surface area contributed by atoms with Gasteiger partial charge in [-0.25, -0.2) is 9.59 Å². The smallest absolute Gasteiger partial charge is 0.351 e. The zero-order valence-electron chi connectivity index (χ0n) is 17.7. The zero-order chi connectivity index (χ0) is 22.5. The zero-order valence-corrected chi connectivity index (χ0v) is 17.7. The van der Waals surface area contributed by atoms with Gasteiger partial charge in [-0.2, -0.15) is 4.68 Å². The fourth-order valence-corrected chi connectivity index (χ4v) is 3.60. The second kappa shape index (κ2) is 9.31. The van der Waals surface area contributed by atoms with Gasteiger partial charge in [0.05, 0.1) is 17.8 Å². The summed E-state index contributed by atoms with van der Waals surface area (Å²) in [6, 6.07) is 23.9. The number of carboxylic acids is 1. The largest absolute Gasteiger partial charge is 0.478 e. The first-order valence-electron chi connectivity index (χ1n) is 10.4. The molecule has 0 spiro atoms. The Kier molecular flexibility index (Phi) is 6.12. The van der Waals surface area contributed by atoms with Gasteiger partial charge in [-0.1, -0.05) is 72.8 Å². The van der Waals surface area contributed by atoms with Crippen LogP contribution in [-0.2, 0) is 13.0 Å². The number of carboxylic acid groups (broad SMARTS) is 1. The van der Waals surface area contributed by atoms with Crippen molar-refractivity contribution in [1.82, 2.24) is 14.3 Å². The third kappa shape index (κ3) is 4.30. The number of hydrogen-bond donors (Lipinski definition) is 1. The van der Waals surface area contributed by atoms with Gasteiger partial charge >= 0.3 is 11.7 Å². The standard InChI is InChI=1S/C26H23N3O3/c1-2-3-13-24-27-29(21-9-5-4-6-10-21)26(32)28(24)18-19-14-16-20(17-15-19)22-11-7-8-12-23(22)25(30)31/h2-12,14-17H,13,18H2,1H3,(H,30,31). The summed E-state index contributed by atoms with van der Waals surface area (Å²) in [5.74, 6) is -0.282. The Labute approximate surface area is 185 Å². The normalized spacial score (nSPS) is 11.2. The Morgan fingerprint density at radius 2 is 1.66 bits per heavy atom. The second-order valence-electron chi connectivity index (χ2n) is 7.35. The summed E-state index contributed by atoms with van der Waals surface area (Å²) < 4.78 is 3.10. The molecule has 6 nitrogen and oxygen atoms in total. The Morgan fingerprint density at radius 1 is 0.969 bits per heavy atom. The van der Waals surface area contributed by atoms with Crippen LogP contribution in [0.3, 0.4) is 0 Å². The number of aromatic carboxylic acids is 1. The Bertz CT molecular complexity index is 1320. The quantitative estimate of drug-likeness (QED) is 0.440. The van der Waals surface area contributed by atoms with Crippen molar-refractivity contribution < 1.29 is 9.90 Å². The molecular formula is C26H23N3O3. The molecule has 0 saturated carbocycles. The maximum absolute atomic E-state index is 13.1. The highest BCUT2D eigenvalue weighted by atomic mass is 16.4. The number of allylic oxidation sites excluding steroid dienone is 2. The molecule has 0 unspecified atom stereocenters. The fourth-order valence-electron chi connectivity index (χ4n) is 3.60. The SMILES string of the molecule is CC=CCc1nn(-c2ccccc2)c(=O)n1Cc1ccc(-c2ccccc2C(=O)O)cc1. The molecule has 0 aliphatic carbocycles. The number of rotatable bonds is 7. The lowest BCUT2D eigenvalue weighted by atomic mass is 9.99. The van der Waals surface area contributed by atoms with E-state index in [4.69, 9.17) is 0 Å². The first-order chi connectivity index (χ1) is 15.6. The van der Waals surface area contributed by atoms with E-state index in [-0.39, 0.29) is 11.3 Å². The van der Waals surface area contributed by atoms with Gasteiger partial charge in [-0.3, -0.25) is 4.57 Å². The molecular weight excluding hydrogens is 402 g/mol. The van der Waals surface area contributed by atoms with Gasteiger partial charge in [-0.15, -0.1) is 5.10 Å². The molecule has 0 fully saturated rings. The van der Waals surface area contributed by atoms with Crippen LogP contribution >= 0.6 is 0 Å². The van der Waals surface area contributed by atoms with Gasteiger partial charge in [0.2, 0.25) is 0 Å². The highest BCUT2D eigenvalue weighted by molar-refractivity contribution is 5.95. The minimum atomic E-state index is -0.960. The summed E-state index contributed by atoms with van der Waals surface area (Å²) in [5.41, 5.74) is 3.18. The van der Waals surface area contributed by atoms with Gasteiger partial charge in [0, 0.05) is 6.42 Å². The van der Waals surface area contributed by atoms with Crippen LogP contribution in [0.4, 0.5) is 0 Å². The van der Waals surface area contributed by atoms with Crippen LogP contribution in [0.25, 0.3) is 16.8 Å². The summed E-state index contributed by atoms with van der Waals surface area (Å²) in [5, 5.41) is 14.0. The Balaban J connectivity index is 1.68. The van der Waals surface area contributed by atoms with Gasteiger partial charge in [0.25, 0.3) is 0 Å².